The van der Waals surface area contributed by atoms with Crippen LogP contribution in [0.15, 0.2) is 18.2 Å². The molecule has 17 heavy (non-hydrogen) atoms. The highest BCUT2D eigenvalue weighted by molar-refractivity contribution is 6.17. The minimum absolute atomic E-state index is 0.106. The molecule has 0 aromatic heterocycles. The average Bonchev–Trinajstić information content (AvgIpc) is 2.34. The van der Waals surface area contributed by atoms with Crippen LogP contribution in [0, 0.1) is 0 Å². The second kappa shape index (κ2) is 6.37. The van der Waals surface area contributed by atoms with Crippen molar-refractivity contribution in [1.82, 2.24) is 0 Å². The Kier molecular flexibility index (Phi) is 5.12. The maximum absolute atomic E-state index is 10.7. The normalized spacial score (nSPS) is 12.1. The van der Waals surface area contributed by atoms with Crippen LogP contribution < -0.4 is 0 Å². The molecule has 0 aliphatic carbocycles. The fourth-order valence-electron chi connectivity index (χ4n) is 1.66. The topological polar surface area (TPSA) is 74.6 Å². The first kappa shape index (κ1) is 13.7. The van der Waals surface area contributed by atoms with Gasteiger partial charge in [-0.1, -0.05) is 18.2 Å². The van der Waals surface area contributed by atoms with Crippen molar-refractivity contribution >= 4 is 23.9 Å². The number of aliphatic carboxylic acids is 1. The zero-order chi connectivity index (χ0) is 12.8. The molecule has 5 heteroatoms. The van der Waals surface area contributed by atoms with Crippen molar-refractivity contribution in [1.29, 1.82) is 0 Å². The van der Waals surface area contributed by atoms with Crippen LogP contribution >= 0.6 is 11.6 Å². The zero-order valence-corrected chi connectivity index (χ0v) is 9.85. The Morgan fingerprint density at radius 1 is 1.47 bits per heavy atom. The first-order valence-corrected chi connectivity index (χ1v) is 5.66. The number of carboxylic acids is 1. The Bertz CT molecular complexity index is 417. The molecule has 0 radical (unpaired) electrons. The van der Waals surface area contributed by atoms with Crippen molar-refractivity contribution < 1.29 is 19.8 Å². The highest BCUT2D eigenvalue weighted by Gasteiger charge is 2.20. The number of carboxylic acid groups (broad SMARTS) is 1. The Labute approximate surface area is 104 Å². The van der Waals surface area contributed by atoms with Gasteiger partial charge in [0.15, 0.2) is 6.10 Å². The molecule has 2 N–H and O–H groups in total. The number of benzene rings is 1. The molecule has 4 nitrogen and oxygen atoms in total. The summed E-state index contributed by atoms with van der Waals surface area (Å²) in [6.07, 6.45) is 0.0421. The Morgan fingerprint density at radius 3 is 2.71 bits per heavy atom. The molecule has 0 aliphatic heterocycles. The molecule has 1 unspecified atom stereocenters. The lowest BCUT2D eigenvalue weighted by atomic mass is 9.96. The lowest BCUT2D eigenvalue weighted by molar-refractivity contribution is -0.147. The van der Waals surface area contributed by atoms with Crippen LogP contribution in [-0.4, -0.2) is 22.5 Å². The van der Waals surface area contributed by atoms with E-state index in [1.807, 2.05) is 0 Å². The van der Waals surface area contributed by atoms with Gasteiger partial charge in [-0.15, -0.1) is 11.6 Å². The van der Waals surface area contributed by atoms with E-state index in [9.17, 15) is 14.7 Å². The third kappa shape index (κ3) is 3.28. The van der Waals surface area contributed by atoms with Gasteiger partial charge in [-0.05, 0) is 23.1 Å². The number of aliphatic hydroxyl groups excluding tert-OH is 1. The van der Waals surface area contributed by atoms with Crippen molar-refractivity contribution in [3.63, 3.8) is 0 Å². The van der Waals surface area contributed by atoms with Gasteiger partial charge >= 0.3 is 5.97 Å². The predicted octanol–water partition coefficient (Wildman–Crippen LogP) is 1.67. The van der Waals surface area contributed by atoms with Crippen LogP contribution in [0.2, 0.25) is 0 Å². The number of rotatable bonds is 6. The van der Waals surface area contributed by atoms with E-state index in [1.165, 1.54) is 6.07 Å². The molecular weight excluding hydrogens is 244 g/mol. The molecule has 0 aliphatic rings. The van der Waals surface area contributed by atoms with E-state index in [-0.39, 0.29) is 11.4 Å². The van der Waals surface area contributed by atoms with E-state index in [1.54, 1.807) is 12.1 Å². The summed E-state index contributed by atoms with van der Waals surface area (Å²) in [6.45, 7) is 0. The van der Waals surface area contributed by atoms with Crippen molar-refractivity contribution in [3.05, 3.63) is 34.9 Å². The van der Waals surface area contributed by atoms with Gasteiger partial charge in [0.1, 0.15) is 6.29 Å². The first-order chi connectivity index (χ1) is 8.11. The maximum Gasteiger partial charge on any atom is 0.337 e. The summed E-state index contributed by atoms with van der Waals surface area (Å²) in [6, 6.07) is 4.96. The van der Waals surface area contributed by atoms with Gasteiger partial charge in [-0.3, -0.25) is 0 Å². The molecule has 0 bridgehead atoms. The van der Waals surface area contributed by atoms with Crippen molar-refractivity contribution in [2.45, 2.75) is 24.8 Å². The number of carbonyl (C=O) groups is 2. The molecule has 0 heterocycles. The minimum atomic E-state index is -1.58. The summed E-state index contributed by atoms with van der Waals surface area (Å²) in [5.41, 5.74) is 1.67. The fraction of sp³-hybridized carbons (Fsp3) is 0.333. The van der Waals surface area contributed by atoms with Crippen molar-refractivity contribution in [2.75, 3.05) is 0 Å². The van der Waals surface area contributed by atoms with Gasteiger partial charge in [0, 0.05) is 12.3 Å². The molecule has 0 saturated carbocycles. The molecule has 1 aromatic carbocycles. The van der Waals surface area contributed by atoms with E-state index in [0.29, 0.717) is 18.4 Å². The number of aliphatic hydroxyl groups is 1. The Hall–Kier alpha value is -1.39. The molecular formula is C12H13ClO4. The molecule has 0 spiro atoms. The molecule has 0 amide bonds. The van der Waals surface area contributed by atoms with Gasteiger partial charge in [-0.25, -0.2) is 4.79 Å². The van der Waals surface area contributed by atoms with Crippen molar-refractivity contribution in [3.8, 4) is 0 Å². The number of aryl methyl sites for hydroxylation is 1. The summed E-state index contributed by atoms with van der Waals surface area (Å²) >= 11 is 5.77. The summed E-state index contributed by atoms with van der Waals surface area (Å²) in [5.74, 6) is -1.21. The Morgan fingerprint density at radius 2 is 2.18 bits per heavy atom. The van der Waals surface area contributed by atoms with Crippen LogP contribution in [0.4, 0.5) is 0 Å². The molecule has 0 saturated heterocycles. The van der Waals surface area contributed by atoms with Gasteiger partial charge in [0.05, 0.1) is 0 Å². The minimum Gasteiger partial charge on any atom is -0.479 e. The SMILES string of the molecule is O=CCCc1cccc(C(O)C(=O)O)c1CCl. The number of carbonyl (C=O) groups excluding carboxylic acids is 1. The molecule has 0 fully saturated rings. The summed E-state index contributed by atoms with van der Waals surface area (Å²) in [4.78, 5) is 21.1. The standard InChI is InChI=1S/C12H13ClO4/c13-7-10-8(4-2-6-14)3-1-5-9(10)11(15)12(16)17/h1,3,5-6,11,15H,2,4,7H2,(H,16,17). The zero-order valence-electron chi connectivity index (χ0n) is 9.10. The van der Waals surface area contributed by atoms with Crippen LogP contribution in [0.5, 0.6) is 0 Å². The van der Waals surface area contributed by atoms with Crippen LogP contribution in [0.25, 0.3) is 0 Å². The monoisotopic (exact) mass is 256 g/mol. The summed E-state index contributed by atoms with van der Waals surface area (Å²) in [5, 5.41) is 18.3. The first-order valence-electron chi connectivity index (χ1n) is 5.13. The van der Waals surface area contributed by atoms with Crippen LogP contribution in [0.1, 0.15) is 29.2 Å². The van der Waals surface area contributed by atoms with Gasteiger partial charge in [0.2, 0.25) is 0 Å². The maximum atomic E-state index is 10.7. The number of hydrogen-bond donors (Lipinski definition) is 2. The summed E-state index contributed by atoms with van der Waals surface area (Å²) in [7, 11) is 0. The highest BCUT2D eigenvalue weighted by Crippen LogP contribution is 2.24. The molecule has 1 rings (SSSR count). The lowest BCUT2D eigenvalue weighted by Gasteiger charge is -2.14. The summed E-state index contributed by atoms with van der Waals surface area (Å²) < 4.78 is 0. The second-order valence-corrected chi connectivity index (χ2v) is 3.83. The number of hydrogen-bond acceptors (Lipinski definition) is 3. The van der Waals surface area contributed by atoms with E-state index < -0.39 is 12.1 Å². The quantitative estimate of drug-likeness (QED) is 0.600. The van der Waals surface area contributed by atoms with Crippen molar-refractivity contribution in [2.24, 2.45) is 0 Å². The predicted molar refractivity (Wildman–Crippen MR) is 63.0 cm³/mol. The largest absolute Gasteiger partial charge is 0.479 e. The Balaban J connectivity index is 3.13. The van der Waals surface area contributed by atoms with E-state index in [2.05, 4.69) is 0 Å². The smallest absolute Gasteiger partial charge is 0.337 e. The van der Waals surface area contributed by atoms with Gasteiger partial charge in [-0.2, -0.15) is 0 Å². The molecule has 1 aromatic rings. The third-order valence-corrected chi connectivity index (χ3v) is 2.77. The molecule has 1 atom stereocenters. The number of alkyl halides is 1. The van der Waals surface area contributed by atoms with Gasteiger partial charge < -0.3 is 15.0 Å². The van der Waals surface area contributed by atoms with E-state index in [4.69, 9.17) is 16.7 Å². The van der Waals surface area contributed by atoms with E-state index >= 15 is 0 Å². The number of aldehydes is 1. The van der Waals surface area contributed by atoms with E-state index in [0.717, 1.165) is 11.8 Å². The molecule has 92 valence electrons. The average molecular weight is 257 g/mol. The highest BCUT2D eigenvalue weighted by atomic mass is 35.5. The second-order valence-electron chi connectivity index (χ2n) is 3.56. The lowest BCUT2D eigenvalue weighted by Crippen LogP contribution is -2.13. The fourth-order valence-corrected chi connectivity index (χ4v) is 1.98. The third-order valence-electron chi connectivity index (χ3n) is 2.50. The number of halogens is 1. The van der Waals surface area contributed by atoms with Crippen LogP contribution in [-0.2, 0) is 21.9 Å². The van der Waals surface area contributed by atoms with Crippen LogP contribution in [0.3, 0.4) is 0 Å². The van der Waals surface area contributed by atoms with Gasteiger partial charge in [0.25, 0.3) is 0 Å².